The van der Waals surface area contributed by atoms with E-state index < -0.39 is 5.97 Å². The molecule has 0 saturated carbocycles. The van der Waals surface area contributed by atoms with Crippen molar-refractivity contribution in [3.63, 3.8) is 0 Å². The number of rotatable bonds is 3. The van der Waals surface area contributed by atoms with E-state index in [0.717, 1.165) is 4.47 Å². The molecule has 3 rings (SSSR count). The first-order valence-corrected chi connectivity index (χ1v) is 8.15. The van der Waals surface area contributed by atoms with Crippen LogP contribution in [0.3, 0.4) is 0 Å². The summed E-state index contributed by atoms with van der Waals surface area (Å²) in [6, 6.07) is 6.11. The molecule has 0 fully saturated rings. The van der Waals surface area contributed by atoms with Gasteiger partial charge in [-0.15, -0.1) is 0 Å². The standard InChI is InChI=1S/C15H8BrCl2N3O3/c16-9-1-2-12-20-10(4-13(22)21(12)6-9)7-24-15(23)8-3-11(17)14(18)19-5-8/h1-6H,7H2. The number of carbonyl (C=O) groups is 1. The molecule has 0 aliphatic rings. The fourth-order valence-electron chi connectivity index (χ4n) is 1.96. The van der Waals surface area contributed by atoms with E-state index in [2.05, 4.69) is 25.9 Å². The maximum atomic E-state index is 12.1. The van der Waals surface area contributed by atoms with Gasteiger partial charge in [-0.2, -0.15) is 0 Å². The normalized spacial score (nSPS) is 10.8. The summed E-state index contributed by atoms with van der Waals surface area (Å²) < 4.78 is 7.28. The minimum absolute atomic E-state index is 0.101. The molecule has 0 amide bonds. The predicted molar refractivity (Wildman–Crippen MR) is 92.5 cm³/mol. The zero-order valence-corrected chi connectivity index (χ0v) is 15.0. The van der Waals surface area contributed by atoms with E-state index in [1.54, 1.807) is 18.3 Å². The minimum Gasteiger partial charge on any atom is -0.456 e. The highest BCUT2D eigenvalue weighted by molar-refractivity contribution is 9.10. The third-order valence-electron chi connectivity index (χ3n) is 3.06. The summed E-state index contributed by atoms with van der Waals surface area (Å²) in [5, 5.41) is 0.252. The summed E-state index contributed by atoms with van der Waals surface area (Å²) in [5.41, 5.74) is 0.672. The van der Waals surface area contributed by atoms with Crippen LogP contribution in [0, 0.1) is 0 Å². The van der Waals surface area contributed by atoms with Crippen LogP contribution >= 0.6 is 39.1 Å². The highest BCUT2D eigenvalue weighted by atomic mass is 79.9. The summed E-state index contributed by atoms with van der Waals surface area (Å²) in [6.45, 7) is -0.152. The molecule has 3 aromatic rings. The molecule has 0 bridgehead atoms. The van der Waals surface area contributed by atoms with E-state index in [1.165, 1.54) is 22.7 Å². The topological polar surface area (TPSA) is 73.6 Å². The number of hydrogen-bond acceptors (Lipinski definition) is 5. The molecule has 0 radical (unpaired) electrons. The number of hydrogen-bond donors (Lipinski definition) is 0. The van der Waals surface area contributed by atoms with Gasteiger partial charge in [0.2, 0.25) is 0 Å². The van der Waals surface area contributed by atoms with Crippen LogP contribution in [0.4, 0.5) is 0 Å². The summed E-state index contributed by atoms with van der Waals surface area (Å²) in [6.07, 6.45) is 2.87. The Morgan fingerprint density at radius 2 is 2.08 bits per heavy atom. The second-order valence-electron chi connectivity index (χ2n) is 4.73. The molecule has 3 heterocycles. The molecular weight excluding hydrogens is 421 g/mol. The van der Waals surface area contributed by atoms with Crippen LogP contribution in [0.15, 0.2) is 45.9 Å². The first-order chi connectivity index (χ1) is 11.4. The van der Waals surface area contributed by atoms with E-state index in [9.17, 15) is 9.59 Å². The molecule has 122 valence electrons. The number of ether oxygens (including phenoxy) is 1. The number of halogens is 3. The number of pyridine rings is 2. The Morgan fingerprint density at radius 3 is 2.83 bits per heavy atom. The highest BCUT2D eigenvalue weighted by Crippen LogP contribution is 2.20. The lowest BCUT2D eigenvalue weighted by molar-refractivity contribution is 0.0467. The van der Waals surface area contributed by atoms with Gasteiger partial charge in [-0.05, 0) is 34.1 Å². The molecule has 24 heavy (non-hydrogen) atoms. The molecule has 0 aromatic carbocycles. The zero-order chi connectivity index (χ0) is 17.3. The smallest absolute Gasteiger partial charge is 0.340 e. The van der Waals surface area contributed by atoms with Gasteiger partial charge in [-0.1, -0.05) is 23.2 Å². The molecular formula is C15H8BrCl2N3O3. The number of nitrogens with zero attached hydrogens (tertiary/aromatic N) is 3. The van der Waals surface area contributed by atoms with Crippen LogP contribution in [0.5, 0.6) is 0 Å². The number of esters is 1. The van der Waals surface area contributed by atoms with Gasteiger partial charge in [0.05, 0.1) is 16.3 Å². The van der Waals surface area contributed by atoms with Gasteiger partial charge in [0, 0.05) is 22.9 Å². The first-order valence-electron chi connectivity index (χ1n) is 6.60. The lowest BCUT2D eigenvalue weighted by Gasteiger charge is -2.06. The molecule has 0 unspecified atom stereocenters. The fraction of sp³-hybridized carbons (Fsp3) is 0.0667. The van der Waals surface area contributed by atoms with Crippen LogP contribution in [0.1, 0.15) is 16.1 Å². The highest BCUT2D eigenvalue weighted by Gasteiger charge is 2.12. The van der Waals surface area contributed by atoms with Gasteiger partial charge < -0.3 is 4.74 Å². The number of aromatic nitrogens is 3. The predicted octanol–water partition coefficient (Wildman–Crippen LogP) is 3.52. The SMILES string of the molecule is O=C(OCc1cc(=O)n2cc(Br)ccc2n1)c1cnc(Cl)c(Cl)c1. The maximum absolute atomic E-state index is 12.1. The average Bonchev–Trinajstić information content (AvgIpc) is 2.56. The molecule has 0 spiro atoms. The molecule has 3 aromatic heterocycles. The van der Waals surface area contributed by atoms with Crippen molar-refractivity contribution in [2.75, 3.05) is 0 Å². The van der Waals surface area contributed by atoms with Crippen molar-refractivity contribution in [3.8, 4) is 0 Å². The Morgan fingerprint density at radius 1 is 1.29 bits per heavy atom. The summed E-state index contributed by atoms with van der Waals surface area (Å²) in [4.78, 5) is 32.1. The Hall–Kier alpha value is -1.96. The van der Waals surface area contributed by atoms with Crippen molar-refractivity contribution < 1.29 is 9.53 Å². The van der Waals surface area contributed by atoms with Crippen molar-refractivity contribution in [2.24, 2.45) is 0 Å². The second kappa shape index (κ2) is 6.88. The van der Waals surface area contributed by atoms with Crippen LogP contribution in [0.25, 0.3) is 5.65 Å². The molecule has 0 atom stereocenters. The van der Waals surface area contributed by atoms with E-state index >= 15 is 0 Å². The Kier molecular flexibility index (Phi) is 4.84. The summed E-state index contributed by atoms with van der Waals surface area (Å²) >= 11 is 14.8. The molecule has 0 saturated heterocycles. The van der Waals surface area contributed by atoms with Crippen molar-refractivity contribution in [3.05, 3.63) is 72.9 Å². The van der Waals surface area contributed by atoms with Crippen LogP contribution < -0.4 is 5.56 Å². The maximum Gasteiger partial charge on any atom is 0.340 e. The summed E-state index contributed by atoms with van der Waals surface area (Å²) in [5.74, 6) is -0.640. The average molecular weight is 429 g/mol. The molecule has 9 heteroatoms. The lowest BCUT2D eigenvalue weighted by atomic mass is 10.3. The third-order valence-corrected chi connectivity index (χ3v) is 4.21. The van der Waals surface area contributed by atoms with E-state index in [0.29, 0.717) is 11.3 Å². The van der Waals surface area contributed by atoms with Crippen LogP contribution in [0.2, 0.25) is 10.2 Å². The van der Waals surface area contributed by atoms with E-state index in [1.807, 2.05) is 0 Å². The van der Waals surface area contributed by atoms with Crippen molar-refractivity contribution in [2.45, 2.75) is 6.61 Å². The zero-order valence-electron chi connectivity index (χ0n) is 11.9. The Bertz CT molecular complexity index is 1010. The monoisotopic (exact) mass is 427 g/mol. The second-order valence-corrected chi connectivity index (χ2v) is 6.41. The van der Waals surface area contributed by atoms with Gasteiger partial charge >= 0.3 is 5.97 Å². The number of carbonyl (C=O) groups excluding carboxylic acids is 1. The van der Waals surface area contributed by atoms with Gasteiger partial charge in [0.1, 0.15) is 17.4 Å². The Labute approximate surface area is 154 Å². The van der Waals surface area contributed by atoms with E-state index in [4.69, 9.17) is 27.9 Å². The van der Waals surface area contributed by atoms with Crippen LogP contribution in [-0.4, -0.2) is 20.3 Å². The third kappa shape index (κ3) is 3.58. The first kappa shape index (κ1) is 16.9. The molecule has 0 N–H and O–H groups in total. The summed E-state index contributed by atoms with van der Waals surface area (Å²) in [7, 11) is 0. The fourth-order valence-corrected chi connectivity index (χ4v) is 2.56. The van der Waals surface area contributed by atoms with Gasteiger partial charge in [0.15, 0.2) is 0 Å². The van der Waals surface area contributed by atoms with Crippen LogP contribution in [-0.2, 0) is 11.3 Å². The van der Waals surface area contributed by atoms with Crippen molar-refractivity contribution >= 4 is 50.7 Å². The lowest BCUT2D eigenvalue weighted by Crippen LogP contribution is -2.16. The quantitative estimate of drug-likeness (QED) is 0.471. The number of fused-ring (bicyclic) bond motifs is 1. The van der Waals surface area contributed by atoms with Crippen molar-refractivity contribution in [1.29, 1.82) is 0 Å². The molecule has 0 aliphatic heterocycles. The van der Waals surface area contributed by atoms with Gasteiger partial charge in [-0.3, -0.25) is 9.20 Å². The van der Waals surface area contributed by atoms with E-state index in [-0.39, 0.29) is 27.9 Å². The molecule has 6 nitrogen and oxygen atoms in total. The Balaban J connectivity index is 1.80. The van der Waals surface area contributed by atoms with Gasteiger partial charge in [0.25, 0.3) is 5.56 Å². The van der Waals surface area contributed by atoms with Crippen molar-refractivity contribution in [1.82, 2.24) is 14.4 Å². The molecule has 0 aliphatic carbocycles. The minimum atomic E-state index is -0.640. The van der Waals surface area contributed by atoms with Gasteiger partial charge in [-0.25, -0.2) is 14.8 Å². The largest absolute Gasteiger partial charge is 0.456 e.